The van der Waals surface area contributed by atoms with Gasteiger partial charge in [0.2, 0.25) is 11.9 Å². The third-order valence-corrected chi connectivity index (χ3v) is 4.13. The van der Waals surface area contributed by atoms with Crippen molar-refractivity contribution in [1.29, 1.82) is 0 Å². The van der Waals surface area contributed by atoms with Crippen LogP contribution in [-0.2, 0) is 4.79 Å². The van der Waals surface area contributed by atoms with Crippen molar-refractivity contribution in [2.75, 3.05) is 11.4 Å². The van der Waals surface area contributed by atoms with E-state index < -0.39 is 0 Å². The highest BCUT2D eigenvalue weighted by atomic mass is 16.2. The molecule has 0 radical (unpaired) electrons. The highest BCUT2D eigenvalue weighted by Gasteiger charge is 2.35. The summed E-state index contributed by atoms with van der Waals surface area (Å²) in [7, 11) is 0. The molecule has 1 saturated carbocycles. The molecule has 1 aliphatic heterocycles. The van der Waals surface area contributed by atoms with Crippen LogP contribution < -0.4 is 10.2 Å². The highest BCUT2D eigenvalue weighted by molar-refractivity contribution is 5.86. The van der Waals surface area contributed by atoms with Gasteiger partial charge in [-0.25, -0.2) is 4.98 Å². The smallest absolute Gasteiger partial charge is 0.243 e. The summed E-state index contributed by atoms with van der Waals surface area (Å²) in [6, 6.07) is 8.32. The Morgan fingerprint density at radius 2 is 2.15 bits per heavy atom. The van der Waals surface area contributed by atoms with Crippen LogP contribution in [0.2, 0.25) is 0 Å². The Hall–Kier alpha value is -2.04. The second kappa shape index (κ2) is 4.51. The fraction of sp³-hybridized carbons (Fsp3) is 0.467. The van der Waals surface area contributed by atoms with Crippen LogP contribution in [0.4, 0.5) is 5.95 Å². The van der Waals surface area contributed by atoms with Crippen molar-refractivity contribution in [2.24, 2.45) is 0 Å². The van der Waals surface area contributed by atoms with Crippen LogP contribution in [0.15, 0.2) is 24.3 Å². The number of carbonyl (C=O) groups is 1. The number of hydrogen-bond acceptors (Lipinski definition) is 3. The molecule has 2 fully saturated rings. The molecule has 4 rings (SSSR count). The molecule has 0 unspecified atom stereocenters. The van der Waals surface area contributed by atoms with Gasteiger partial charge in [-0.05, 0) is 37.8 Å². The van der Waals surface area contributed by atoms with E-state index in [2.05, 4.69) is 20.2 Å². The van der Waals surface area contributed by atoms with Gasteiger partial charge in [-0.15, -0.1) is 0 Å². The summed E-state index contributed by atoms with van der Waals surface area (Å²) in [6.07, 6.45) is 4.21. The summed E-state index contributed by atoms with van der Waals surface area (Å²) < 4.78 is 0. The summed E-state index contributed by atoms with van der Waals surface area (Å²) in [5, 5.41) is 3.11. The van der Waals surface area contributed by atoms with Crippen molar-refractivity contribution < 1.29 is 4.79 Å². The standard InChI is InChI=1S/C15H18N4O/c20-14(16-10-7-8-10)13-6-3-9-19(13)15-17-11-4-1-2-5-12(11)18-15/h1-2,4-5,10,13H,3,6-9H2,(H,16,20)(H,17,18)/t13-/m1/s1. The van der Waals surface area contributed by atoms with E-state index in [4.69, 9.17) is 0 Å². The normalized spacial score (nSPS) is 22.4. The number of carbonyl (C=O) groups excluding carboxylic acids is 1. The number of hydrogen-bond donors (Lipinski definition) is 2. The number of nitrogens with one attached hydrogen (secondary N) is 2. The molecule has 1 aromatic carbocycles. The molecule has 1 atom stereocenters. The van der Waals surface area contributed by atoms with Crippen LogP contribution in [-0.4, -0.2) is 34.5 Å². The molecule has 1 saturated heterocycles. The van der Waals surface area contributed by atoms with Crippen molar-refractivity contribution in [3.8, 4) is 0 Å². The number of imidazole rings is 1. The number of anilines is 1. The number of rotatable bonds is 3. The van der Waals surface area contributed by atoms with Crippen molar-refractivity contribution in [1.82, 2.24) is 15.3 Å². The van der Waals surface area contributed by atoms with Gasteiger partial charge in [-0.3, -0.25) is 4.79 Å². The molecule has 2 N–H and O–H groups in total. The molecule has 5 nitrogen and oxygen atoms in total. The maximum atomic E-state index is 12.3. The average Bonchev–Trinajstić information content (AvgIpc) is 3.00. The molecule has 104 valence electrons. The first-order valence-corrected chi connectivity index (χ1v) is 7.33. The van der Waals surface area contributed by atoms with Gasteiger partial charge in [-0.1, -0.05) is 12.1 Å². The van der Waals surface area contributed by atoms with E-state index in [1.165, 1.54) is 0 Å². The summed E-state index contributed by atoms with van der Waals surface area (Å²) in [6.45, 7) is 0.891. The first-order chi connectivity index (χ1) is 9.81. The van der Waals surface area contributed by atoms with Gasteiger partial charge >= 0.3 is 0 Å². The van der Waals surface area contributed by atoms with Gasteiger partial charge < -0.3 is 15.2 Å². The summed E-state index contributed by atoms with van der Waals surface area (Å²) in [5.41, 5.74) is 1.98. The second-order valence-electron chi connectivity index (χ2n) is 5.71. The van der Waals surface area contributed by atoms with Crippen molar-refractivity contribution in [3.63, 3.8) is 0 Å². The van der Waals surface area contributed by atoms with Gasteiger partial charge in [0.1, 0.15) is 6.04 Å². The minimum atomic E-state index is -0.0730. The number of aromatic amines is 1. The Balaban J connectivity index is 1.60. The number of nitrogens with zero attached hydrogens (tertiary/aromatic N) is 2. The average molecular weight is 270 g/mol. The molecular formula is C15H18N4O. The zero-order chi connectivity index (χ0) is 13.5. The first-order valence-electron chi connectivity index (χ1n) is 7.33. The number of fused-ring (bicyclic) bond motifs is 1. The lowest BCUT2D eigenvalue weighted by molar-refractivity contribution is -0.122. The lowest BCUT2D eigenvalue weighted by Crippen LogP contribution is -2.44. The Morgan fingerprint density at radius 1 is 1.30 bits per heavy atom. The molecule has 1 aliphatic carbocycles. The van der Waals surface area contributed by atoms with Gasteiger partial charge in [0.15, 0.2) is 0 Å². The molecule has 5 heteroatoms. The Morgan fingerprint density at radius 3 is 2.95 bits per heavy atom. The minimum Gasteiger partial charge on any atom is -0.352 e. The van der Waals surface area contributed by atoms with Crippen molar-refractivity contribution >= 4 is 22.9 Å². The number of H-pyrrole nitrogens is 1. The summed E-state index contributed by atoms with van der Waals surface area (Å²) in [4.78, 5) is 22.3. The molecule has 1 aromatic heterocycles. The van der Waals surface area contributed by atoms with E-state index in [9.17, 15) is 4.79 Å². The van der Waals surface area contributed by atoms with E-state index >= 15 is 0 Å². The summed E-state index contributed by atoms with van der Waals surface area (Å²) in [5.74, 6) is 0.977. The highest BCUT2D eigenvalue weighted by Crippen LogP contribution is 2.27. The summed E-state index contributed by atoms with van der Waals surface area (Å²) >= 11 is 0. The fourth-order valence-corrected chi connectivity index (χ4v) is 2.89. The molecule has 2 aromatic rings. The monoisotopic (exact) mass is 270 g/mol. The molecule has 1 amide bonds. The predicted octanol–water partition coefficient (Wildman–Crippen LogP) is 1.81. The zero-order valence-corrected chi connectivity index (χ0v) is 11.3. The Bertz CT molecular complexity index is 613. The van der Waals surface area contributed by atoms with E-state index in [1.807, 2.05) is 24.3 Å². The molecule has 2 aliphatic rings. The van der Waals surface area contributed by atoms with E-state index in [0.29, 0.717) is 6.04 Å². The third-order valence-electron chi connectivity index (χ3n) is 4.13. The SMILES string of the molecule is O=C(NC1CC1)[C@H]1CCCN1c1nc2ccccc2[nH]1. The van der Waals surface area contributed by atoms with Gasteiger partial charge in [0.05, 0.1) is 11.0 Å². The molecule has 20 heavy (non-hydrogen) atoms. The zero-order valence-electron chi connectivity index (χ0n) is 11.3. The van der Waals surface area contributed by atoms with Gasteiger partial charge in [0, 0.05) is 12.6 Å². The second-order valence-corrected chi connectivity index (χ2v) is 5.71. The molecular weight excluding hydrogens is 252 g/mol. The van der Waals surface area contributed by atoms with Crippen LogP contribution in [0.5, 0.6) is 0 Å². The largest absolute Gasteiger partial charge is 0.352 e. The Kier molecular flexibility index (Phi) is 2.65. The number of amides is 1. The van der Waals surface area contributed by atoms with E-state index in [-0.39, 0.29) is 11.9 Å². The molecule has 0 bridgehead atoms. The van der Waals surface area contributed by atoms with Gasteiger partial charge in [-0.2, -0.15) is 0 Å². The first kappa shape index (κ1) is 11.8. The molecule has 0 spiro atoms. The third kappa shape index (κ3) is 2.03. The number of para-hydroxylation sites is 2. The predicted molar refractivity (Wildman–Crippen MR) is 77.6 cm³/mol. The lowest BCUT2D eigenvalue weighted by atomic mass is 10.2. The van der Waals surface area contributed by atoms with Crippen LogP contribution in [0.25, 0.3) is 11.0 Å². The lowest BCUT2D eigenvalue weighted by Gasteiger charge is -2.23. The molecule has 2 heterocycles. The quantitative estimate of drug-likeness (QED) is 0.894. The minimum absolute atomic E-state index is 0.0730. The Labute approximate surface area is 117 Å². The maximum absolute atomic E-state index is 12.3. The van der Waals surface area contributed by atoms with Crippen LogP contribution in [0.3, 0.4) is 0 Å². The van der Waals surface area contributed by atoms with Gasteiger partial charge in [0.25, 0.3) is 0 Å². The number of benzene rings is 1. The van der Waals surface area contributed by atoms with Crippen molar-refractivity contribution in [2.45, 2.75) is 37.8 Å². The maximum Gasteiger partial charge on any atom is 0.243 e. The van der Waals surface area contributed by atoms with E-state index in [0.717, 1.165) is 49.2 Å². The number of aromatic nitrogens is 2. The van der Waals surface area contributed by atoms with Crippen molar-refractivity contribution in [3.05, 3.63) is 24.3 Å². The fourth-order valence-electron chi connectivity index (χ4n) is 2.89. The van der Waals surface area contributed by atoms with Crippen LogP contribution >= 0.6 is 0 Å². The van der Waals surface area contributed by atoms with Crippen LogP contribution in [0.1, 0.15) is 25.7 Å². The van der Waals surface area contributed by atoms with E-state index in [1.54, 1.807) is 0 Å². The topological polar surface area (TPSA) is 61.0 Å². The van der Waals surface area contributed by atoms with Crippen LogP contribution in [0, 0.1) is 0 Å².